The van der Waals surface area contributed by atoms with Crippen LogP contribution in [0.15, 0.2) is 0 Å². The quantitative estimate of drug-likeness (QED) is 0.482. The first kappa shape index (κ1) is 10.9. The third-order valence-corrected chi connectivity index (χ3v) is 1.36. The zero-order chi connectivity index (χ0) is 9.78. The Morgan fingerprint density at radius 2 is 1.75 bits per heavy atom. The highest BCUT2D eigenvalue weighted by Crippen LogP contribution is 2.05. The maximum atomic E-state index is 10.5. The van der Waals surface area contributed by atoms with Crippen LogP contribution in [0.5, 0.6) is 0 Å². The van der Waals surface area contributed by atoms with Crippen LogP contribution in [0.3, 0.4) is 0 Å². The summed E-state index contributed by atoms with van der Waals surface area (Å²) in [5.74, 6) is -0.857. The van der Waals surface area contributed by atoms with Gasteiger partial charge in [-0.1, -0.05) is 0 Å². The van der Waals surface area contributed by atoms with Crippen molar-refractivity contribution in [3.63, 3.8) is 0 Å². The van der Waals surface area contributed by atoms with Gasteiger partial charge in [-0.15, -0.1) is 0 Å². The molecular weight excluding hydrogens is 158 g/mol. The number of amides is 2. The van der Waals surface area contributed by atoms with Gasteiger partial charge in [-0.2, -0.15) is 0 Å². The Morgan fingerprint density at radius 1 is 1.25 bits per heavy atom. The molecule has 70 valence electrons. The van der Waals surface area contributed by atoms with Crippen LogP contribution in [0, 0.1) is 0 Å². The van der Waals surface area contributed by atoms with Crippen LogP contribution < -0.4 is 16.8 Å². The van der Waals surface area contributed by atoms with Crippen LogP contribution in [0.25, 0.3) is 0 Å². The van der Waals surface area contributed by atoms with E-state index < -0.39 is 17.4 Å². The molecule has 0 saturated carbocycles. The fourth-order valence-corrected chi connectivity index (χ4v) is 0.824. The van der Waals surface area contributed by atoms with Gasteiger partial charge in [0.15, 0.2) is 0 Å². The van der Waals surface area contributed by atoms with Crippen LogP contribution in [0.2, 0.25) is 0 Å². The van der Waals surface area contributed by atoms with Crippen LogP contribution in [0.4, 0.5) is 0 Å². The standard InChI is InChI=1S/C7H15N3O2/c1-7(2,3-5(8)11)10-4-6(9)12/h10H,3-4H2,1-2H3,(H2,8,11)(H2,9,12). The summed E-state index contributed by atoms with van der Waals surface area (Å²) in [6.45, 7) is 3.61. The first-order chi connectivity index (χ1) is 5.33. The number of hydrogen-bond acceptors (Lipinski definition) is 3. The van der Waals surface area contributed by atoms with Gasteiger partial charge in [0, 0.05) is 12.0 Å². The Balaban J connectivity index is 3.86. The molecule has 12 heavy (non-hydrogen) atoms. The summed E-state index contributed by atoms with van der Waals surface area (Å²) in [4.78, 5) is 20.9. The van der Waals surface area contributed by atoms with Crippen molar-refractivity contribution in [1.29, 1.82) is 0 Å². The molecule has 0 aliphatic rings. The van der Waals surface area contributed by atoms with Crippen molar-refractivity contribution < 1.29 is 9.59 Å². The molecule has 0 aromatic heterocycles. The Bertz CT molecular complexity index is 189. The van der Waals surface area contributed by atoms with E-state index in [1.165, 1.54) is 0 Å². The molecule has 5 nitrogen and oxygen atoms in total. The topological polar surface area (TPSA) is 98.2 Å². The first-order valence-electron chi connectivity index (χ1n) is 3.65. The van der Waals surface area contributed by atoms with E-state index in [2.05, 4.69) is 5.32 Å². The lowest BCUT2D eigenvalue weighted by Crippen LogP contribution is -2.46. The number of primary amides is 2. The lowest BCUT2D eigenvalue weighted by molar-refractivity contribution is -0.120. The number of rotatable bonds is 5. The van der Waals surface area contributed by atoms with Crippen LogP contribution in [-0.2, 0) is 9.59 Å². The molecule has 0 spiro atoms. The second-order valence-electron chi connectivity index (χ2n) is 3.35. The van der Waals surface area contributed by atoms with Crippen molar-refractivity contribution in [3.8, 4) is 0 Å². The van der Waals surface area contributed by atoms with Crippen LogP contribution in [0.1, 0.15) is 20.3 Å². The van der Waals surface area contributed by atoms with E-state index in [1.54, 1.807) is 13.8 Å². The van der Waals surface area contributed by atoms with Gasteiger partial charge in [0.2, 0.25) is 11.8 Å². The summed E-state index contributed by atoms with van der Waals surface area (Å²) >= 11 is 0. The minimum absolute atomic E-state index is 0.0558. The molecule has 0 atom stereocenters. The van der Waals surface area contributed by atoms with Gasteiger partial charge < -0.3 is 16.8 Å². The minimum atomic E-state index is -0.471. The maximum absolute atomic E-state index is 10.5. The van der Waals surface area contributed by atoms with Gasteiger partial charge in [0.25, 0.3) is 0 Å². The molecule has 0 rings (SSSR count). The molecule has 0 aromatic carbocycles. The first-order valence-corrected chi connectivity index (χ1v) is 3.65. The summed E-state index contributed by atoms with van der Waals surface area (Å²) in [6, 6.07) is 0. The van der Waals surface area contributed by atoms with E-state index in [4.69, 9.17) is 11.5 Å². The van der Waals surface area contributed by atoms with E-state index in [1.807, 2.05) is 0 Å². The van der Waals surface area contributed by atoms with Crippen molar-refractivity contribution in [2.75, 3.05) is 6.54 Å². The molecular formula is C7H15N3O2. The highest BCUT2D eigenvalue weighted by Gasteiger charge is 2.19. The molecule has 0 aromatic rings. The second-order valence-corrected chi connectivity index (χ2v) is 3.35. The molecule has 0 fully saturated rings. The molecule has 0 radical (unpaired) electrons. The molecule has 0 unspecified atom stereocenters. The lowest BCUT2D eigenvalue weighted by atomic mass is 10.0. The smallest absolute Gasteiger partial charge is 0.231 e. The third-order valence-electron chi connectivity index (χ3n) is 1.36. The normalized spacial score (nSPS) is 11.2. The fourth-order valence-electron chi connectivity index (χ4n) is 0.824. The highest BCUT2D eigenvalue weighted by molar-refractivity contribution is 5.77. The highest BCUT2D eigenvalue weighted by atomic mass is 16.1. The van der Waals surface area contributed by atoms with Gasteiger partial charge in [-0.05, 0) is 13.8 Å². The third kappa shape index (κ3) is 5.67. The monoisotopic (exact) mass is 173 g/mol. The summed E-state index contributed by atoms with van der Waals surface area (Å²) < 4.78 is 0. The molecule has 0 aliphatic carbocycles. The molecule has 2 amide bonds. The Morgan fingerprint density at radius 3 is 2.08 bits per heavy atom. The predicted octanol–water partition coefficient (Wildman–Crippen LogP) is -1.28. The van der Waals surface area contributed by atoms with Gasteiger partial charge in [0.05, 0.1) is 6.54 Å². The Kier molecular flexibility index (Phi) is 3.69. The average molecular weight is 173 g/mol. The van der Waals surface area contributed by atoms with Gasteiger partial charge in [-0.25, -0.2) is 0 Å². The Labute approximate surface area is 71.5 Å². The maximum Gasteiger partial charge on any atom is 0.231 e. The minimum Gasteiger partial charge on any atom is -0.370 e. The molecule has 0 aliphatic heterocycles. The van der Waals surface area contributed by atoms with E-state index in [-0.39, 0.29) is 13.0 Å². The zero-order valence-electron chi connectivity index (χ0n) is 7.39. The van der Waals surface area contributed by atoms with Gasteiger partial charge in [-0.3, -0.25) is 9.59 Å². The van der Waals surface area contributed by atoms with Crippen molar-refractivity contribution in [3.05, 3.63) is 0 Å². The number of hydrogen-bond donors (Lipinski definition) is 3. The molecule has 0 bridgehead atoms. The van der Waals surface area contributed by atoms with Gasteiger partial charge >= 0.3 is 0 Å². The number of nitrogens with one attached hydrogen (secondary N) is 1. The summed E-state index contributed by atoms with van der Waals surface area (Å²) in [5.41, 5.74) is 9.43. The fraction of sp³-hybridized carbons (Fsp3) is 0.714. The predicted molar refractivity (Wildman–Crippen MR) is 45.1 cm³/mol. The van der Waals surface area contributed by atoms with Crippen molar-refractivity contribution >= 4 is 11.8 Å². The van der Waals surface area contributed by atoms with Crippen molar-refractivity contribution in [2.45, 2.75) is 25.8 Å². The Hall–Kier alpha value is -1.10. The summed E-state index contributed by atoms with van der Waals surface area (Å²) in [6.07, 6.45) is 0.181. The zero-order valence-corrected chi connectivity index (χ0v) is 7.39. The van der Waals surface area contributed by atoms with E-state index in [9.17, 15) is 9.59 Å². The van der Waals surface area contributed by atoms with Crippen LogP contribution in [-0.4, -0.2) is 23.9 Å². The largest absolute Gasteiger partial charge is 0.370 e. The van der Waals surface area contributed by atoms with Crippen molar-refractivity contribution in [1.82, 2.24) is 5.32 Å². The van der Waals surface area contributed by atoms with Crippen LogP contribution >= 0.6 is 0 Å². The molecule has 5 heteroatoms. The number of nitrogens with two attached hydrogens (primary N) is 2. The average Bonchev–Trinajstić information content (AvgIpc) is 1.81. The van der Waals surface area contributed by atoms with E-state index >= 15 is 0 Å². The van der Waals surface area contributed by atoms with E-state index in [0.29, 0.717) is 0 Å². The van der Waals surface area contributed by atoms with E-state index in [0.717, 1.165) is 0 Å². The number of carbonyl (C=O) groups excluding carboxylic acids is 2. The molecule has 0 saturated heterocycles. The second kappa shape index (κ2) is 4.06. The van der Waals surface area contributed by atoms with Crippen molar-refractivity contribution in [2.24, 2.45) is 11.5 Å². The number of carbonyl (C=O) groups is 2. The molecule has 0 heterocycles. The molecule has 5 N–H and O–H groups in total. The SMILES string of the molecule is CC(C)(CC(N)=O)NCC(N)=O. The summed E-state index contributed by atoms with van der Waals surface area (Å²) in [5, 5.41) is 2.81. The van der Waals surface area contributed by atoms with Gasteiger partial charge in [0.1, 0.15) is 0 Å². The lowest BCUT2D eigenvalue weighted by Gasteiger charge is -2.23. The summed E-state index contributed by atoms with van der Waals surface area (Å²) in [7, 11) is 0.